The molecule has 2 aromatic heterocycles. The van der Waals surface area contributed by atoms with Crippen LogP contribution in [0.3, 0.4) is 0 Å². The van der Waals surface area contributed by atoms with Crippen molar-refractivity contribution in [1.82, 2.24) is 14.2 Å². The van der Waals surface area contributed by atoms with Gasteiger partial charge in [0.15, 0.2) is 5.03 Å². The first-order valence-corrected chi connectivity index (χ1v) is 9.37. The molecular formula is C18H17N3O4S. The molecule has 8 heteroatoms. The number of aryl methyl sites for hydroxylation is 1. The highest BCUT2D eigenvalue weighted by molar-refractivity contribution is 7.90. The average molecular weight is 371 g/mol. The molecule has 7 nitrogen and oxygen atoms in total. The molecule has 0 saturated heterocycles. The predicted octanol–water partition coefficient (Wildman–Crippen LogP) is 2.67. The van der Waals surface area contributed by atoms with Gasteiger partial charge in [0.05, 0.1) is 17.9 Å². The summed E-state index contributed by atoms with van der Waals surface area (Å²) >= 11 is 0. The summed E-state index contributed by atoms with van der Waals surface area (Å²) in [4.78, 5) is 12.1. The molecule has 26 heavy (non-hydrogen) atoms. The van der Waals surface area contributed by atoms with Crippen molar-refractivity contribution in [1.29, 1.82) is 0 Å². The second kappa shape index (κ2) is 7.09. The lowest BCUT2D eigenvalue weighted by molar-refractivity contribution is 0.0526. The summed E-state index contributed by atoms with van der Waals surface area (Å²) in [5, 5.41) is 7.12. The van der Waals surface area contributed by atoms with Gasteiger partial charge in [-0.25, -0.2) is 8.77 Å². The van der Waals surface area contributed by atoms with E-state index in [1.54, 1.807) is 13.0 Å². The van der Waals surface area contributed by atoms with Crippen molar-refractivity contribution in [3.63, 3.8) is 0 Å². The van der Waals surface area contributed by atoms with Crippen molar-refractivity contribution in [3.8, 4) is 11.3 Å². The molecule has 0 saturated carbocycles. The molecule has 0 bridgehead atoms. The molecule has 3 rings (SSSR count). The SMILES string of the molecule is CCOC(=O)c1cc(-c2cccc(C)c2)n(S(=O)(=O)c2cccnn2)c1. The number of benzene rings is 1. The molecule has 0 atom stereocenters. The highest BCUT2D eigenvalue weighted by atomic mass is 32.2. The Bertz CT molecular complexity index is 1040. The standard InChI is InChI=1S/C18H17N3O4S/c1-3-25-18(22)15-11-16(14-7-4-6-13(2)10-14)21(12-15)26(23,24)17-8-5-9-19-20-17/h4-12H,3H2,1-2H3. The quantitative estimate of drug-likeness (QED) is 0.641. The summed E-state index contributed by atoms with van der Waals surface area (Å²) in [7, 11) is -4.02. The maximum absolute atomic E-state index is 13.0. The monoisotopic (exact) mass is 371 g/mol. The molecule has 134 valence electrons. The molecule has 0 unspecified atom stereocenters. The summed E-state index contributed by atoms with van der Waals surface area (Å²) in [5.74, 6) is -0.588. The zero-order chi connectivity index (χ0) is 18.7. The van der Waals surface area contributed by atoms with Gasteiger partial charge in [0.1, 0.15) is 0 Å². The van der Waals surface area contributed by atoms with Gasteiger partial charge in [-0.1, -0.05) is 23.8 Å². The lowest BCUT2D eigenvalue weighted by Gasteiger charge is -2.10. The average Bonchev–Trinajstić information content (AvgIpc) is 3.09. The number of carbonyl (C=O) groups excluding carboxylic acids is 1. The van der Waals surface area contributed by atoms with Crippen molar-refractivity contribution in [2.24, 2.45) is 0 Å². The van der Waals surface area contributed by atoms with E-state index in [1.165, 1.54) is 30.6 Å². The molecule has 0 N–H and O–H groups in total. The highest BCUT2D eigenvalue weighted by Crippen LogP contribution is 2.27. The molecule has 0 spiro atoms. The predicted molar refractivity (Wildman–Crippen MR) is 95.2 cm³/mol. The second-order valence-corrected chi connectivity index (χ2v) is 7.33. The number of carbonyl (C=O) groups is 1. The lowest BCUT2D eigenvalue weighted by Crippen LogP contribution is -2.15. The first-order valence-electron chi connectivity index (χ1n) is 7.93. The summed E-state index contributed by atoms with van der Waals surface area (Å²) in [6.45, 7) is 3.79. The molecule has 0 fully saturated rings. The Balaban J connectivity index is 2.21. The normalized spacial score (nSPS) is 11.3. The van der Waals surface area contributed by atoms with Crippen molar-refractivity contribution in [3.05, 3.63) is 66.0 Å². The minimum Gasteiger partial charge on any atom is -0.462 e. The second-order valence-electron chi connectivity index (χ2n) is 5.57. The third-order valence-corrected chi connectivity index (χ3v) is 5.25. The van der Waals surface area contributed by atoms with Crippen molar-refractivity contribution >= 4 is 16.0 Å². The summed E-state index contributed by atoms with van der Waals surface area (Å²) in [5.41, 5.74) is 2.12. The summed E-state index contributed by atoms with van der Waals surface area (Å²) < 4.78 is 32.1. The van der Waals surface area contributed by atoms with E-state index in [0.717, 1.165) is 9.54 Å². The summed E-state index contributed by atoms with van der Waals surface area (Å²) in [6, 6.07) is 11.7. The van der Waals surface area contributed by atoms with Gasteiger partial charge in [-0.2, -0.15) is 13.5 Å². The van der Waals surface area contributed by atoms with Gasteiger partial charge >= 0.3 is 5.97 Å². The minimum absolute atomic E-state index is 0.149. The first kappa shape index (κ1) is 17.8. The van der Waals surface area contributed by atoms with Crippen molar-refractivity contribution in [2.45, 2.75) is 18.9 Å². The number of nitrogens with zero attached hydrogens (tertiary/aromatic N) is 3. The Morgan fingerprint density at radius 3 is 2.65 bits per heavy atom. The lowest BCUT2D eigenvalue weighted by atomic mass is 10.1. The van der Waals surface area contributed by atoms with Crippen LogP contribution in [0.5, 0.6) is 0 Å². The molecule has 0 aliphatic carbocycles. The maximum Gasteiger partial charge on any atom is 0.339 e. The van der Waals surface area contributed by atoms with Crippen LogP contribution in [0.25, 0.3) is 11.3 Å². The number of aromatic nitrogens is 3. The number of hydrogen-bond acceptors (Lipinski definition) is 6. The molecule has 0 amide bonds. The minimum atomic E-state index is -4.02. The van der Waals surface area contributed by atoms with E-state index < -0.39 is 16.0 Å². The van der Waals surface area contributed by atoms with Gasteiger partial charge in [-0.15, -0.1) is 5.10 Å². The third-order valence-electron chi connectivity index (χ3n) is 3.68. The fourth-order valence-corrected chi connectivity index (χ4v) is 3.78. The third kappa shape index (κ3) is 3.36. The van der Waals surface area contributed by atoms with E-state index in [9.17, 15) is 13.2 Å². The number of rotatable bonds is 5. The zero-order valence-electron chi connectivity index (χ0n) is 14.3. The van der Waals surface area contributed by atoms with E-state index in [2.05, 4.69) is 10.2 Å². The highest BCUT2D eigenvalue weighted by Gasteiger charge is 2.25. The Morgan fingerprint density at radius 1 is 1.19 bits per heavy atom. The van der Waals surface area contributed by atoms with Gasteiger partial charge in [-0.3, -0.25) is 0 Å². The van der Waals surface area contributed by atoms with Crippen LogP contribution in [0.4, 0.5) is 0 Å². The fourth-order valence-electron chi connectivity index (χ4n) is 2.51. The fraction of sp³-hybridized carbons (Fsp3) is 0.167. The van der Waals surface area contributed by atoms with Crippen LogP contribution in [0.1, 0.15) is 22.8 Å². The number of esters is 1. The maximum atomic E-state index is 13.0. The van der Waals surface area contributed by atoms with Crippen molar-refractivity contribution in [2.75, 3.05) is 6.61 Å². The Kier molecular flexibility index (Phi) is 4.85. The first-order chi connectivity index (χ1) is 12.4. The van der Waals surface area contributed by atoms with Crippen LogP contribution in [-0.2, 0) is 14.8 Å². The number of hydrogen-bond donors (Lipinski definition) is 0. The van der Waals surface area contributed by atoms with Crippen LogP contribution >= 0.6 is 0 Å². The largest absolute Gasteiger partial charge is 0.462 e. The van der Waals surface area contributed by atoms with E-state index >= 15 is 0 Å². The van der Waals surface area contributed by atoms with Gasteiger partial charge in [0, 0.05) is 12.4 Å². The molecule has 0 radical (unpaired) electrons. The van der Waals surface area contributed by atoms with Crippen LogP contribution in [0.2, 0.25) is 0 Å². The summed E-state index contributed by atoms with van der Waals surface area (Å²) in [6.07, 6.45) is 2.64. The van der Waals surface area contributed by atoms with Gasteiger partial charge < -0.3 is 4.74 Å². The molecule has 2 heterocycles. The van der Waals surface area contributed by atoms with Gasteiger partial charge in [0.25, 0.3) is 10.0 Å². The molecule has 1 aromatic carbocycles. The van der Waals surface area contributed by atoms with E-state index in [1.807, 2.05) is 25.1 Å². The van der Waals surface area contributed by atoms with E-state index in [-0.39, 0.29) is 17.2 Å². The number of ether oxygens (including phenoxy) is 1. The Labute approximate surface area is 151 Å². The smallest absolute Gasteiger partial charge is 0.339 e. The van der Waals surface area contributed by atoms with E-state index in [4.69, 9.17) is 4.74 Å². The van der Waals surface area contributed by atoms with Crippen LogP contribution in [0.15, 0.2) is 59.9 Å². The van der Waals surface area contributed by atoms with E-state index in [0.29, 0.717) is 11.3 Å². The van der Waals surface area contributed by atoms with Gasteiger partial charge in [0.2, 0.25) is 0 Å². The van der Waals surface area contributed by atoms with Crippen LogP contribution in [0, 0.1) is 6.92 Å². The topological polar surface area (TPSA) is 91.2 Å². The Morgan fingerprint density at radius 2 is 2.00 bits per heavy atom. The zero-order valence-corrected chi connectivity index (χ0v) is 15.1. The van der Waals surface area contributed by atoms with Gasteiger partial charge in [-0.05, 0) is 43.7 Å². The van der Waals surface area contributed by atoms with Crippen molar-refractivity contribution < 1.29 is 17.9 Å². The Hall–Kier alpha value is -3.00. The molecule has 0 aliphatic heterocycles. The molecule has 3 aromatic rings. The van der Waals surface area contributed by atoms with Crippen LogP contribution in [-0.4, -0.2) is 35.2 Å². The van der Waals surface area contributed by atoms with Crippen LogP contribution < -0.4 is 0 Å². The molecular weight excluding hydrogens is 354 g/mol. The molecule has 0 aliphatic rings.